The van der Waals surface area contributed by atoms with Crippen molar-refractivity contribution in [3.8, 4) is 11.4 Å². The minimum Gasteiger partial charge on any atom is -0.369 e. The van der Waals surface area contributed by atoms with E-state index in [1.54, 1.807) is 6.08 Å². The van der Waals surface area contributed by atoms with E-state index >= 15 is 0 Å². The normalized spacial score (nSPS) is 10.4. The van der Waals surface area contributed by atoms with Gasteiger partial charge in [-0.15, -0.1) is 16.8 Å². The summed E-state index contributed by atoms with van der Waals surface area (Å²) < 4.78 is 2.91. The second kappa shape index (κ2) is 6.71. The predicted octanol–water partition coefficient (Wildman–Crippen LogP) is 2.47. The van der Waals surface area contributed by atoms with Crippen molar-refractivity contribution in [1.29, 1.82) is 0 Å². The number of primary amides is 1. The summed E-state index contributed by atoms with van der Waals surface area (Å²) >= 11 is 4.67. The van der Waals surface area contributed by atoms with Crippen LogP contribution in [0.1, 0.15) is 0 Å². The number of nitrogens with two attached hydrogens (primary N) is 1. The molecule has 0 saturated carbocycles. The van der Waals surface area contributed by atoms with Crippen molar-refractivity contribution in [2.45, 2.75) is 11.7 Å². The highest BCUT2D eigenvalue weighted by atomic mass is 79.9. The minimum atomic E-state index is -0.381. The van der Waals surface area contributed by atoms with Crippen LogP contribution in [0.4, 0.5) is 0 Å². The molecule has 0 aliphatic rings. The van der Waals surface area contributed by atoms with Crippen LogP contribution in [-0.2, 0) is 11.3 Å². The van der Waals surface area contributed by atoms with Crippen molar-refractivity contribution < 1.29 is 4.79 Å². The quantitative estimate of drug-likeness (QED) is 0.640. The van der Waals surface area contributed by atoms with Gasteiger partial charge in [0.2, 0.25) is 5.91 Å². The summed E-state index contributed by atoms with van der Waals surface area (Å²) in [4.78, 5) is 10.9. The molecule has 0 saturated heterocycles. The minimum absolute atomic E-state index is 0.176. The van der Waals surface area contributed by atoms with Gasteiger partial charge in [-0.3, -0.25) is 9.36 Å². The second-order valence-corrected chi connectivity index (χ2v) is 5.83. The van der Waals surface area contributed by atoms with Crippen LogP contribution in [0.15, 0.2) is 46.5 Å². The zero-order valence-corrected chi connectivity index (χ0v) is 13.0. The molecule has 0 atom stereocenters. The fourth-order valence-electron chi connectivity index (χ4n) is 1.64. The largest absolute Gasteiger partial charge is 0.369 e. The molecule has 7 heteroatoms. The lowest BCUT2D eigenvalue weighted by Gasteiger charge is -2.07. The number of amides is 1. The lowest BCUT2D eigenvalue weighted by Crippen LogP contribution is -2.13. The van der Waals surface area contributed by atoms with Gasteiger partial charge in [0.1, 0.15) is 0 Å². The standard InChI is InChI=1S/C13H13BrN4OS/c1-2-7-18-12(9-3-5-10(14)6-4-9)16-17-13(18)20-8-11(15)19/h2-6H,1,7-8H2,(H2,15,19). The Kier molecular flexibility index (Phi) is 4.97. The van der Waals surface area contributed by atoms with Crippen LogP contribution in [0.2, 0.25) is 0 Å². The molecule has 2 N–H and O–H groups in total. The van der Waals surface area contributed by atoms with E-state index in [0.717, 1.165) is 15.9 Å². The molecule has 0 unspecified atom stereocenters. The highest BCUT2D eigenvalue weighted by Crippen LogP contribution is 2.25. The fraction of sp³-hybridized carbons (Fsp3) is 0.154. The van der Waals surface area contributed by atoms with E-state index in [0.29, 0.717) is 11.7 Å². The van der Waals surface area contributed by atoms with E-state index in [1.807, 2.05) is 28.8 Å². The second-order valence-electron chi connectivity index (χ2n) is 3.97. The third-order valence-electron chi connectivity index (χ3n) is 2.47. The Bertz CT molecular complexity index is 624. The third kappa shape index (κ3) is 3.49. The Morgan fingerprint density at radius 1 is 1.40 bits per heavy atom. The van der Waals surface area contributed by atoms with Crippen molar-refractivity contribution in [3.05, 3.63) is 41.4 Å². The van der Waals surface area contributed by atoms with Crippen molar-refractivity contribution in [2.75, 3.05) is 5.75 Å². The van der Waals surface area contributed by atoms with Crippen LogP contribution < -0.4 is 5.73 Å². The zero-order valence-electron chi connectivity index (χ0n) is 10.6. The van der Waals surface area contributed by atoms with Gasteiger partial charge in [0.25, 0.3) is 0 Å². The lowest BCUT2D eigenvalue weighted by atomic mass is 10.2. The number of thioether (sulfide) groups is 1. The summed E-state index contributed by atoms with van der Waals surface area (Å²) in [6, 6.07) is 7.80. The summed E-state index contributed by atoms with van der Waals surface area (Å²) in [6.07, 6.45) is 1.76. The topological polar surface area (TPSA) is 73.8 Å². The summed E-state index contributed by atoms with van der Waals surface area (Å²) in [7, 11) is 0. The number of hydrogen-bond acceptors (Lipinski definition) is 4. The first-order valence-corrected chi connectivity index (χ1v) is 7.61. The Morgan fingerprint density at radius 2 is 2.10 bits per heavy atom. The first-order chi connectivity index (χ1) is 9.61. The molecule has 0 aliphatic heterocycles. The summed E-state index contributed by atoms with van der Waals surface area (Å²) in [5, 5.41) is 8.96. The van der Waals surface area contributed by atoms with Crippen LogP contribution in [0, 0.1) is 0 Å². The Labute approximate surface area is 129 Å². The molecule has 20 heavy (non-hydrogen) atoms. The number of hydrogen-bond donors (Lipinski definition) is 1. The molecular formula is C13H13BrN4OS. The van der Waals surface area contributed by atoms with Crippen molar-refractivity contribution in [2.24, 2.45) is 5.73 Å². The average molecular weight is 353 g/mol. The van der Waals surface area contributed by atoms with Gasteiger partial charge < -0.3 is 5.73 Å². The van der Waals surface area contributed by atoms with E-state index in [9.17, 15) is 4.79 Å². The van der Waals surface area contributed by atoms with E-state index < -0.39 is 0 Å². The van der Waals surface area contributed by atoms with Gasteiger partial charge in [-0.2, -0.15) is 0 Å². The molecule has 2 rings (SSSR count). The molecule has 1 aromatic heterocycles. The molecule has 1 aromatic carbocycles. The number of rotatable bonds is 6. The average Bonchev–Trinajstić information content (AvgIpc) is 2.81. The molecular weight excluding hydrogens is 340 g/mol. The number of carbonyl (C=O) groups is 1. The summed E-state index contributed by atoms with van der Waals surface area (Å²) in [5.41, 5.74) is 6.11. The molecule has 0 radical (unpaired) electrons. The van der Waals surface area contributed by atoms with Crippen LogP contribution in [-0.4, -0.2) is 26.4 Å². The van der Waals surface area contributed by atoms with E-state index in [2.05, 4.69) is 32.7 Å². The molecule has 0 fully saturated rings. The molecule has 2 aromatic rings. The van der Waals surface area contributed by atoms with E-state index in [4.69, 9.17) is 5.73 Å². The Balaban J connectivity index is 2.35. The first-order valence-electron chi connectivity index (χ1n) is 5.83. The zero-order chi connectivity index (χ0) is 14.5. The summed E-state index contributed by atoms with van der Waals surface area (Å²) in [6.45, 7) is 4.30. The SMILES string of the molecule is C=CCn1c(SCC(N)=O)nnc1-c1ccc(Br)cc1. The number of aromatic nitrogens is 3. The van der Waals surface area contributed by atoms with Gasteiger partial charge in [0.15, 0.2) is 11.0 Å². The van der Waals surface area contributed by atoms with E-state index in [-0.39, 0.29) is 11.7 Å². The van der Waals surface area contributed by atoms with Crippen LogP contribution in [0.5, 0.6) is 0 Å². The highest BCUT2D eigenvalue weighted by molar-refractivity contribution is 9.10. The van der Waals surface area contributed by atoms with Crippen LogP contribution in [0.3, 0.4) is 0 Å². The molecule has 0 aliphatic carbocycles. The molecule has 0 spiro atoms. The number of benzene rings is 1. The van der Waals surface area contributed by atoms with Gasteiger partial charge in [-0.05, 0) is 12.1 Å². The summed E-state index contributed by atoms with van der Waals surface area (Å²) in [5.74, 6) is 0.535. The molecule has 5 nitrogen and oxygen atoms in total. The highest BCUT2D eigenvalue weighted by Gasteiger charge is 2.14. The van der Waals surface area contributed by atoms with Crippen molar-refractivity contribution >= 4 is 33.6 Å². The van der Waals surface area contributed by atoms with Crippen molar-refractivity contribution in [1.82, 2.24) is 14.8 Å². The molecule has 104 valence electrons. The predicted molar refractivity (Wildman–Crippen MR) is 83.3 cm³/mol. The maximum atomic E-state index is 10.9. The number of carbonyl (C=O) groups excluding carboxylic acids is 1. The van der Waals surface area contributed by atoms with Gasteiger partial charge in [-0.25, -0.2) is 0 Å². The maximum Gasteiger partial charge on any atom is 0.227 e. The smallest absolute Gasteiger partial charge is 0.227 e. The van der Waals surface area contributed by atoms with Gasteiger partial charge in [0, 0.05) is 16.6 Å². The number of allylic oxidation sites excluding steroid dienone is 1. The van der Waals surface area contributed by atoms with Gasteiger partial charge in [0.05, 0.1) is 5.75 Å². The third-order valence-corrected chi connectivity index (χ3v) is 3.99. The number of nitrogens with zero attached hydrogens (tertiary/aromatic N) is 3. The van der Waals surface area contributed by atoms with Crippen LogP contribution >= 0.6 is 27.7 Å². The van der Waals surface area contributed by atoms with Crippen molar-refractivity contribution in [3.63, 3.8) is 0 Å². The maximum absolute atomic E-state index is 10.9. The first kappa shape index (κ1) is 14.8. The molecule has 0 bridgehead atoms. The van der Waals surface area contributed by atoms with Crippen LogP contribution in [0.25, 0.3) is 11.4 Å². The van der Waals surface area contributed by atoms with Gasteiger partial charge >= 0.3 is 0 Å². The Hall–Kier alpha value is -1.60. The monoisotopic (exact) mass is 352 g/mol. The van der Waals surface area contributed by atoms with E-state index in [1.165, 1.54) is 11.8 Å². The molecule has 1 heterocycles. The van der Waals surface area contributed by atoms with Gasteiger partial charge in [-0.1, -0.05) is 45.9 Å². The molecule has 1 amide bonds. The lowest BCUT2D eigenvalue weighted by molar-refractivity contribution is -0.115. The Morgan fingerprint density at radius 3 is 2.70 bits per heavy atom. The number of halogens is 1. The fourth-order valence-corrected chi connectivity index (χ4v) is 2.59.